The summed E-state index contributed by atoms with van der Waals surface area (Å²) in [5.41, 5.74) is 7.18. The SMILES string of the molecule is COc1ccc(C(=O)N(C(=O)c2ccc(OC)cc2)[C@@H]2CCCC[C@H]2N)cc1. The molecule has 0 aliphatic heterocycles. The zero-order valence-electron chi connectivity index (χ0n) is 16.3. The number of hydrogen-bond donors (Lipinski definition) is 1. The number of ether oxygens (including phenoxy) is 2. The largest absolute Gasteiger partial charge is 0.497 e. The minimum Gasteiger partial charge on any atom is -0.497 e. The maximum atomic E-state index is 13.3. The van der Waals surface area contributed by atoms with Gasteiger partial charge in [0, 0.05) is 17.2 Å². The molecule has 2 N–H and O–H groups in total. The van der Waals surface area contributed by atoms with Crippen LogP contribution in [-0.4, -0.2) is 43.0 Å². The molecule has 0 radical (unpaired) electrons. The second-order valence-corrected chi connectivity index (χ2v) is 6.95. The smallest absolute Gasteiger partial charge is 0.261 e. The van der Waals surface area contributed by atoms with Crippen LogP contribution in [0.25, 0.3) is 0 Å². The topological polar surface area (TPSA) is 81.9 Å². The van der Waals surface area contributed by atoms with E-state index in [0.29, 0.717) is 29.0 Å². The molecule has 0 spiro atoms. The van der Waals surface area contributed by atoms with Crippen molar-refractivity contribution < 1.29 is 19.1 Å². The lowest BCUT2D eigenvalue weighted by Gasteiger charge is -2.37. The lowest BCUT2D eigenvalue weighted by Crippen LogP contribution is -2.54. The van der Waals surface area contributed by atoms with Gasteiger partial charge in [-0.3, -0.25) is 14.5 Å². The van der Waals surface area contributed by atoms with Gasteiger partial charge >= 0.3 is 0 Å². The monoisotopic (exact) mass is 382 g/mol. The van der Waals surface area contributed by atoms with Crippen LogP contribution in [0.15, 0.2) is 48.5 Å². The van der Waals surface area contributed by atoms with E-state index in [1.54, 1.807) is 62.8 Å². The number of carbonyl (C=O) groups is 2. The molecule has 2 atom stereocenters. The van der Waals surface area contributed by atoms with Crippen molar-refractivity contribution in [1.82, 2.24) is 4.90 Å². The van der Waals surface area contributed by atoms with E-state index in [1.807, 2.05) is 0 Å². The summed E-state index contributed by atoms with van der Waals surface area (Å²) in [4.78, 5) is 28.0. The van der Waals surface area contributed by atoms with E-state index in [4.69, 9.17) is 15.2 Å². The molecule has 1 fully saturated rings. The number of carbonyl (C=O) groups excluding carboxylic acids is 2. The minimum absolute atomic E-state index is 0.224. The first-order valence-electron chi connectivity index (χ1n) is 9.46. The summed E-state index contributed by atoms with van der Waals surface area (Å²) in [6.45, 7) is 0. The number of imide groups is 1. The molecule has 6 nitrogen and oxygen atoms in total. The fourth-order valence-corrected chi connectivity index (χ4v) is 3.60. The Hall–Kier alpha value is -2.86. The molecular weight excluding hydrogens is 356 g/mol. The molecule has 0 saturated heterocycles. The third kappa shape index (κ3) is 4.17. The predicted molar refractivity (Wildman–Crippen MR) is 107 cm³/mol. The summed E-state index contributed by atoms with van der Waals surface area (Å²) in [5, 5.41) is 0. The molecule has 6 heteroatoms. The molecule has 0 bridgehead atoms. The number of hydrogen-bond acceptors (Lipinski definition) is 5. The van der Waals surface area contributed by atoms with Crippen LogP contribution in [0.1, 0.15) is 46.4 Å². The Kier molecular flexibility index (Phi) is 6.31. The van der Waals surface area contributed by atoms with E-state index < -0.39 is 0 Å². The summed E-state index contributed by atoms with van der Waals surface area (Å²) in [6, 6.07) is 13.0. The Labute approximate surface area is 165 Å². The van der Waals surface area contributed by atoms with Crippen LogP contribution < -0.4 is 15.2 Å². The first-order valence-corrected chi connectivity index (χ1v) is 9.46. The average Bonchev–Trinajstić information content (AvgIpc) is 2.75. The van der Waals surface area contributed by atoms with E-state index >= 15 is 0 Å². The number of rotatable bonds is 5. The van der Waals surface area contributed by atoms with Gasteiger partial charge in [0.25, 0.3) is 11.8 Å². The molecule has 0 unspecified atom stereocenters. The molecule has 2 amide bonds. The van der Waals surface area contributed by atoms with Crippen LogP contribution >= 0.6 is 0 Å². The Balaban J connectivity index is 1.95. The summed E-state index contributed by atoms with van der Waals surface area (Å²) >= 11 is 0. The van der Waals surface area contributed by atoms with Crippen molar-refractivity contribution >= 4 is 11.8 Å². The Morgan fingerprint density at radius 3 is 1.64 bits per heavy atom. The summed E-state index contributed by atoms with van der Waals surface area (Å²) in [7, 11) is 3.13. The number of amides is 2. The van der Waals surface area contributed by atoms with Crippen LogP contribution in [0.2, 0.25) is 0 Å². The van der Waals surface area contributed by atoms with Crippen molar-refractivity contribution in [1.29, 1.82) is 0 Å². The molecule has 1 aliphatic rings. The highest BCUT2D eigenvalue weighted by atomic mass is 16.5. The van der Waals surface area contributed by atoms with Crippen LogP contribution in [0.4, 0.5) is 0 Å². The van der Waals surface area contributed by atoms with Crippen LogP contribution in [0, 0.1) is 0 Å². The second-order valence-electron chi connectivity index (χ2n) is 6.95. The molecule has 2 aromatic carbocycles. The molecule has 0 aromatic heterocycles. The molecule has 2 aromatic rings. The van der Waals surface area contributed by atoms with E-state index in [1.165, 1.54) is 4.90 Å². The first-order chi connectivity index (χ1) is 13.5. The average molecular weight is 382 g/mol. The lowest BCUT2D eigenvalue weighted by atomic mass is 9.89. The summed E-state index contributed by atoms with van der Waals surface area (Å²) in [6.07, 6.45) is 3.47. The van der Waals surface area contributed by atoms with Gasteiger partial charge in [-0.15, -0.1) is 0 Å². The minimum atomic E-state index is -0.342. The Bertz CT molecular complexity index is 758. The standard InChI is InChI=1S/C22H26N2O4/c1-27-17-11-7-15(8-12-17)21(25)24(20-6-4-3-5-19(20)23)22(26)16-9-13-18(28-2)14-10-16/h7-14,19-20H,3-6,23H2,1-2H3/t19-,20-/m1/s1. The fourth-order valence-electron chi connectivity index (χ4n) is 3.60. The van der Waals surface area contributed by atoms with Gasteiger partial charge in [0.05, 0.1) is 20.3 Å². The van der Waals surface area contributed by atoms with Gasteiger partial charge < -0.3 is 15.2 Å². The van der Waals surface area contributed by atoms with Gasteiger partial charge in [0.1, 0.15) is 11.5 Å². The maximum absolute atomic E-state index is 13.3. The van der Waals surface area contributed by atoms with Gasteiger partial charge in [-0.05, 0) is 61.4 Å². The van der Waals surface area contributed by atoms with Gasteiger partial charge in [-0.1, -0.05) is 12.8 Å². The zero-order chi connectivity index (χ0) is 20.1. The van der Waals surface area contributed by atoms with E-state index in [0.717, 1.165) is 19.3 Å². The molecular formula is C22H26N2O4. The van der Waals surface area contributed by atoms with Crippen LogP contribution in [-0.2, 0) is 0 Å². The lowest BCUT2D eigenvalue weighted by molar-refractivity contribution is 0.0485. The van der Waals surface area contributed by atoms with Gasteiger partial charge in [0.15, 0.2) is 0 Å². The Morgan fingerprint density at radius 2 is 1.25 bits per heavy atom. The maximum Gasteiger partial charge on any atom is 0.261 e. The van der Waals surface area contributed by atoms with E-state index in [9.17, 15) is 9.59 Å². The first kappa shape index (κ1) is 19.9. The molecule has 28 heavy (non-hydrogen) atoms. The van der Waals surface area contributed by atoms with Crippen molar-refractivity contribution in [3.8, 4) is 11.5 Å². The second kappa shape index (κ2) is 8.89. The van der Waals surface area contributed by atoms with Crippen molar-refractivity contribution in [3.05, 3.63) is 59.7 Å². The van der Waals surface area contributed by atoms with Crippen LogP contribution in [0.3, 0.4) is 0 Å². The molecule has 1 aliphatic carbocycles. The van der Waals surface area contributed by atoms with Crippen molar-refractivity contribution in [2.45, 2.75) is 37.8 Å². The fraction of sp³-hybridized carbons (Fsp3) is 0.364. The summed E-state index contributed by atoms with van der Waals surface area (Å²) in [5.74, 6) is 0.620. The molecule has 3 rings (SSSR count). The predicted octanol–water partition coefficient (Wildman–Crippen LogP) is 3.26. The normalized spacial score (nSPS) is 19.0. The Morgan fingerprint density at radius 1 is 0.821 bits per heavy atom. The zero-order valence-corrected chi connectivity index (χ0v) is 16.3. The number of nitrogens with two attached hydrogens (primary N) is 1. The third-order valence-corrected chi connectivity index (χ3v) is 5.22. The quantitative estimate of drug-likeness (QED) is 0.803. The van der Waals surface area contributed by atoms with Gasteiger partial charge in [-0.2, -0.15) is 0 Å². The van der Waals surface area contributed by atoms with Crippen molar-refractivity contribution in [3.63, 3.8) is 0 Å². The summed E-state index contributed by atoms with van der Waals surface area (Å²) < 4.78 is 10.3. The van der Waals surface area contributed by atoms with Crippen LogP contribution in [0.5, 0.6) is 11.5 Å². The van der Waals surface area contributed by atoms with Crippen molar-refractivity contribution in [2.75, 3.05) is 14.2 Å². The van der Waals surface area contributed by atoms with Gasteiger partial charge in [-0.25, -0.2) is 0 Å². The number of nitrogens with zero attached hydrogens (tertiary/aromatic N) is 1. The third-order valence-electron chi connectivity index (χ3n) is 5.22. The van der Waals surface area contributed by atoms with Crippen molar-refractivity contribution in [2.24, 2.45) is 5.73 Å². The van der Waals surface area contributed by atoms with E-state index in [2.05, 4.69) is 0 Å². The molecule has 148 valence electrons. The molecule has 1 saturated carbocycles. The number of benzene rings is 2. The number of methoxy groups -OCH3 is 2. The molecule has 0 heterocycles. The van der Waals surface area contributed by atoms with Gasteiger partial charge in [0.2, 0.25) is 0 Å². The highest BCUT2D eigenvalue weighted by molar-refractivity contribution is 6.10. The van der Waals surface area contributed by atoms with E-state index in [-0.39, 0.29) is 23.9 Å². The highest BCUT2D eigenvalue weighted by Gasteiger charge is 2.36. The highest BCUT2D eigenvalue weighted by Crippen LogP contribution is 2.26.